The summed E-state index contributed by atoms with van der Waals surface area (Å²) >= 11 is 5.91. The first-order valence-electron chi connectivity index (χ1n) is 4.54. The summed E-state index contributed by atoms with van der Waals surface area (Å²) in [5, 5.41) is 5.15. The van der Waals surface area contributed by atoms with Gasteiger partial charge in [-0.05, 0) is 25.1 Å². The van der Waals surface area contributed by atoms with Gasteiger partial charge in [0.15, 0.2) is 5.15 Å². The summed E-state index contributed by atoms with van der Waals surface area (Å²) in [5.41, 5.74) is 0.661. The Kier molecular flexibility index (Phi) is 2.86. The largest absolute Gasteiger partial charge is 0.264 e. The Morgan fingerprint density at radius 1 is 1.44 bits per heavy atom. The predicted octanol–water partition coefficient (Wildman–Crippen LogP) is 2.64. The van der Waals surface area contributed by atoms with E-state index >= 15 is 0 Å². The average Bonchev–Trinajstić information content (AvgIpc) is 2.54. The van der Waals surface area contributed by atoms with Crippen LogP contribution in [0, 0.1) is 0 Å². The van der Waals surface area contributed by atoms with Crippen molar-refractivity contribution in [3.8, 4) is 0 Å². The number of aryl methyl sites for hydroxylation is 1. The average molecular weight is 279 g/mol. The molecule has 0 saturated carbocycles. The zero-order chi connectivity index (χ0) is 11.9. The Bertz CT molecular complexity index is 649. The fourth-order valence-corrected chi connectivity index (χ4v) is 2.53. The summed E-state index contributed by atoms with van der Waals surface area (Å²) in [7, 11) is 1.55. The van der Waals surface area contributed by atoms with E-state index in [2.05, 4.69) is 5.10 Å². The third-order valence-electron chi connectivity index (χ3n) is 2.26. The van der Waals surface area contributed by atoms with Crippen molar-refractivity contribution in [3.63, 3.8) is 0 Å². The second kappa shape index (κ2) is 3.91. The molecule has 0 aliphatic rings. The molecule has 4 nitrogen and oxygen atoms in total. The first kappa shape index (κ1) is 11.7. The predicted molar refractivity (Wildman–Crippen MR) is 63.5 cm³/mol. The van der Waals surface area contributed by atoms with E-state index < -0.39 is 9.05 Å². The first-order chi connectivity index (χ1) is 7.43. The second-order valence-electron chi connectivity index (χ2n) is 3.22. The number of halogens is 2. The fourth-order valence-electron chi connectivity index (χ4n) is 1.51. The quantitative estimate of drug-likeness (QED) is 0.794. The molecule has 2 rings (SSSR count). The third kappa shape index (κ3) is 1.90. The van der Waals surface area contributed by atoms with E-state index in [0.29, 0.717) is 22.6 Å². The van der Waals surface area contributed by atoms with Crippen molar-refractivity contribution >= 4 is 42.2 Å². The van der Waals surface area contributed by atoms with Gasteiger partial charge < -0.3 is 0 Å². The van der Waals surface area contributed by atoms with Gasteiger partial charge in [0.2, 0.25) is 0 Å². The lowest BCUT2D eigenvalue weighted by molar-refractivity contribution is 0.609. The van der Waals surface area contributed by atoms with Crippen LogP contribution in [0.4, 0.5) is 0 Å². The molecule has 0 spiro atoms. The molecule has 1 aromatic carbocycles. The Hall–Kier alpha value is -0.780. The van der Waals surface area contributed by atoms with E-state index in [1.807, 2.05) is 6.92 Å². The van der Waals surface area contributed by atoms with Gasteiger partial charge in [-0.15, -0.1) is 0 Å². The smallest absolute Gasteiger partial charge is 0.261 e. The number of hydrogen-bond acceptors (Lipinski definition) is 3. The summed E-state index contributed by atoms with van der Waals surface area (Å²) in [6.45, 7) is 2.50. The maximum absolute atomic E-state index is 11.2. The molecular weight excluding hydrogens is 271 g/mol. The molecule has 0 radical (unpaired) electrons. The summed E-state index contributed by atoms with van der Waals surface area (Å²) < 4.78 is 24.0. The van der Waals surface area contributed by atoms with E-state index in [1.165, 1.54) is 12.1 Å². The van der Waals surface area contributed by atoms with Crippen LogP contribution in [0.3, 0.4) is 0 Å². The zero-order valence-electron chi connectivity index (χ0n) is 8.31. The van der Waals surface area contributed by atoms with Crippen LogP contribution in [-0.2, 0) is 15.6 Å². The standard InChI is InChI=1S/C9H8Cl2N2O2S/c1-2-13-8-5-6(16(11,14)15)3-4-7(8)9(10)12-13/h3-5H,2H2,1H3. The van der Waals surface area contributed by atoms with Crippen LogP contribution in [0.1, 0.15) is 6.92 Å². The van der Waals surface area contributed by atoms with Crippen LogP contribution in [-0.4, -0.2) is 18.2 Å². The van der Waals surface area contributed by atoms with Crippen molar-refractivity contribution in [3.05, 3.63) is 23.4 Å². The highest BCUT2D eigenvalue weighted by atomic mass is 35.7. The van der Waals surface area contributed by atoms with E-state index in [0.717, 1.165) is 0 Å². The zero-order valence-corrected chi connectivity index (χ0v) is 10.6. The van der Waals surface area contributed by atoms with Gasteiger partial charge in [0.05, 0.1) is 10.4 Å². The van der Waals surface area contributed by atoms with Crippen molar-refractivity contribution in [2.24, 2.45) is 0 Å². The van der Waals surface area contributed by atoms with Gasteiger partial charge in [0.25, 0.3) is 9.05 Å². The van der Waals surface area contributed by atoms with Gasteiger partial charge in [-0.2, -0.15) is 5.10 Å². The van der Waals surface area contributed by atoms with Crippen molar-refractivity contribution < 1.29 is 8.42 Å². The molecule has 0 N–H and O–H groups in total. The molecule has 7 heteroatoms. The molecule has 0 unspecified atom stereocenters. The van der Waals surface area contributed by atoms with E-state index in [4.69, 9.17) is 22.3 Å². The molecule has 2 aromatic rings. The van der Waals surface area contributed by atoms with Crippen LogP contribution in [0.5, 0.6) is 0 Å². The van der Waals surface area contributed by atoms with Gasteiger partial charge in [-0.1, -0.05) is 11.6 Å². The maximum Gasteiger partial charge on any atom is 0.261 e. The fraction of sp³-hybridized carbons (Fsp3) is 0.222. The Morgan fingerprint density at radius 3 is 2.69 bits per heavy atom. The first-order valence-corrected chi connectivity index (χ1v) is 7.23. The maximum atomic E-state index is 11.2. The SMILES string of the molecule is CCn1nc(Cl)c2ccc(S(=O)(=O)Cl)cc21. The lowest BCUT2D eigenvalue weighted by atomic mass is 10.2. The van der Waals surface area contributed by atoms with Crippen molar-refractivity contribution in [2.45, 2.75) is 18.4 Å². The number of aromatic nitrogens is 2. The van der Waals surface area contributed by atoms with Gasteiger partial charge in [-0.25, -0.2) is 8.42 Å². The van der Waals surface area contributed by atoms with Crippen LogP contribution in [0.25, 0.3) is 10.9 Å². The highest BCUT2D eigenvalue weighted by Crippen LogP contribution is 2.26. The monoisotopic (exact) mass is 278 g/mol. The van der Waals surface area contributed by atoms with E-state index in [-0.39, 0.29) is 4.90 Å². The van der Waals surface area contributed by atoms with E-state index in [1.54, 1.807) is 10.7 Å². The third-order valence-corrected chi connectivity index (χ3v) is 3.89. The van der Waals surface area contributed by atoms with Crippen molar-refractivity contribution in [1.82, 2.24) is 9.78 Å². The molecule has 0 bridgehead atoms. The molecule has 16 heavy (non-hydrogen) atoms. The molecule has 0 fully saturated rings. The molecule has 1 heterocycles. The summed E-state index contributed by atoms with van der Waals surface area (Å²) in [6.07, 6.45) is 0. The van der Waals surface area contributed by atoms with Crippen molar-refractivity contribution in [1.29, 1.82) is 0 Å². The molecule has 0 aliphatic carbocycles. The number of nitrogens with zero attached hydrogens (tertiary/aromatic N) is 2. The number of fused-ring (bicyclic) bond motifs is 1. The van der Waals surface area contributed by atoms with Gasteiger partial charge in [-0.3, -0.25) is 4.68 Å². The minimum absolute atomic E-state index is 0.0490. The minimum atomic E-state index is -3.72. The van der Waals surface area contributed by atoms with Gasteiger partial charge >= 0.3 is 0 Å². The summed E-state index contributed by atoms with van der Waals surface area (Å²) in [4.78, 5) is 0.0490. The lowest BCUT2D eigenvalue weighted by Crippen LogP contribution is -1.97. The lowest BCUT2D eigenvalue weighted by Gasteiger charge is -1.99. The molecular formula is C9H8Cl2N2O2S. The highest BCUT2D eigenvalue weighted by Gasteiger charge is 2.14. The molecule has 1 aromatic heterocycles. The number of hydrogen-bond donors (Lipinski definition) is 0. The molecule has 0 aliphatic heterocycles. The summed E-state index contributed by atoms with van der Waals surface area (Å²) in [5.74, 6) is 0. The second-order valence-corrected chi connectivity index (χ2v) is 6.15. The van der Waals surface area contributed by atoms with Crippen LogP contribution >= 0.6 is 22.3 Å². The Labute approximate surface area is 102 Å². The number of rotatable bonds is 2. The van der Waals surface area contributed by atoms with Crippen LogP contribution < -0.4 is 0 Å². The molecule has 86 valence electrons. The number of benzene rings is 1. The van der Waals surface area contributed by atoms with Crippen LogP contribution in [0.2, 0.25) is 5.15 Å². The van der Waals surface area contributed by atoms with E-state index in [9.17, 15) is 8.42 Å². The molecule has 0 amide bonds. The van der Waals surface area contributed by atoms with Gasteiger partial charge in [0.1, 0.15) is 0 Å². The topological polar surface area (TPSA) is 52.0 Å². The Morgan fingerprint density at radius 2 is 2.12 bits per heavy atom. The minimum Gasteiger partial charge on any atom is -0.264 e. The Balaban J connectivity index is 2.79. The highest BCUT2D eigenvalue weighted by molar-refractivity contribution is 8.13. The van der Waals surface area contributed by atoms with Crippen LogP contribution in [0.15, 0.2) is 23.1 Å². The summed E-state index contributed by atoms with van der Waals surface area (Å²) in [6, 6.07) is 4.49. The molecule has 0 saturated heterocycles. The molecule has 0 atom stereocenters. The van der Waals surface area contributed by atoms with Gasteiger partial charge in [0, 0.05) is 22.6 Å². The normalized spacial score (nSPS) is 12.2. The van der Waals surface area contributed by atoms with Crippen molar-refractivity contribution in [2.75, 3.05) is 0 Å².